The summed E-state index contributed by atoms with van der Waals surface area (Å²) >= 11 is 24.9. The molecule has 0 fully saturated rings. The van der Waals surface area contributed by atoms with E-state index < -0.39 is 5.82 Å². The van der Waals surface area contributed by atoms with Crippen LogP contribution in [-0.2, 0) is 0 Å². The van der Waals surface area contributed by atoms with E-state index in [1.165, 1.54) is 12.1 Å². The van der Waals surface area contributed by atoms with Crippen molar-refractivity contribution >= 4 is 46.4 Å². The number of halogens is 5. The van der Waals surface area contributed by atoms with Crippen LogP contribution in [0.3, 0.4) is 0 Å². The van der Waals surface area contributed by atoms with Gasteiger partial charge in [-0.3, -0.25) is 0 Å². The van der Waals surface area contributed by atoms with Crippen LogP contribution in [-0.4, -0.2) is 38.5 Å². The highest BCUT2D eigenvalue weighted by Gasteiger charge is 2.27. The van der Waals surface area contributed by atoms with Crippen LogP contribution in [0.25, 0.3) is 22.3 Å². The molecule has 4 aromatic carbocycles. The summed E-state index contributed by atoms with van der Waals surface area (Å²) in [6, 6.07) is 18.8. The van der Waals surface area contributed by atoms with Crippen LogP contribution in [0, 0.1) is 5.82 Å². The highest BCUT2D eigenvalue weighted by molar-refractivity contribution is 6.40. The maximum atomic E-state index is 13.8. The van der Waals surface area contributed by atoms with Gasteiger partial charge in [0, 0.05) is 41.4 Å². The first-order valence-corrected chi connectivity index (χ1v) is 14.2. The van der Waals surface area contributed by atoms with Gasteiger partial charge in [0.25, 0.3) is 0 Å². The molecule has 2 heterocycles. The second kappa shape index (κ2) is 12.9. The smallest absolute Gasteiger partial charge is 0.169 e. The maximum absolute atomic E-state index is 13.8. The van der Waals surface area contributed by atoms with Crippen LogP contribution in [0.15, 0.2) is 66.7 Å². The Labute approximate surface area is 256 Å². The van der Waals surface area contributed by atoms with E-state index >= 15 is 0 Å². The van der Waals surface area contributed by atoms with E-state index in [0.29, 0.717) is 73.9 Å². The molecule has 0 aliphatic carbocycles. The first-order chi connectivity index (χ1) is 19.8. The van der Waals surface area contributed by atoms with Gasteiger partial charge in [-0.2, -0.15) is 0 Å². The molecule has 0 bridgehead atoms. The highest BCUT2D eigenvalue weighted by Crippen LogP contribution is 2.47. The molecule has 4 N–H and O–H groups in total. The average molecular weight is 638 g/mol. The number of para-hydroxylation sites is 1. The fraction of sp³-hybridized carbons (Fsp3) is 0.200. The van der Waals surface area contributed by atoms with Crippen molar-refractivity contribution < 1.29 is 23.3 Å². The SMILES string of the molecule is NCC1COc2cc(F)cc(-c3c(Cl)cccc3Cl)c2O1.NCC1COc2cccc(-c3c(Cl)cccc3Cl)c2O1. The summed E-state index contributed by atoms with van der Waals surface area (Å²) in [5, 5.41) is 1.97. The zero-order valence-corrected chi connectivity index (χ0v) is 24.5. The summed E-state index contributed by atoms with van der Waals surface area (Å²) in [4.78, 5) is 0. The Balaban J connectivity index is 0.000000165. The molecule has 2 aliphatic rings. The van der Waals surface area contributed by atoms with Crippen LogP contribution in [0.2, 0.25) is 20.1 Å². The summed E-state index contributed by atoms with van der Waals surface area (Å²) in [5.41, 5.74) is 13.8. The molecular formula is C30H25Cl4FN2O4. The molecule has 0 saturated heterocycles. The van der Waals surface area contributed by atoms with Gasteiger partial charge in [-0.25, -0.2) is 4.39 Å². The van der Waals surface area contributed by atoms with Crippen molar-refractivity contribution in [2.24, 2.45) is 11.5 Å². The third-order valence-corrected chi connectivity index (χ3v) is 7.67. The van der Waals surface area contributed by atoms with Gasteiger partial charge in [-0.05, 0) is 36.4 Å². The zero-order valence-electron chi connectivity index (χ0n) is 21.5. The van der Waals surface area contributed by atoms with E-state index in [2.05, 4.69) is 0 Å². The molecule has 6 rings (SSSR count). The van der Waals surface area contributed by atoms with Gasteiger partial charge in [0.05, 0.1) is 20.1 Å². The van der Waals surface area contributed by atoms with Gasteiger partial charge in [-0.1, -0.05) is 70.7 Å². The van der Waals surface area contributed by atoms with Crippen LogP contribution >= 0.6 is 46.4 Å². The van der Waals surface area contributed by atoms with Gasteiger partial charge in [0.2, 0.25) is 0 Å². The average Bonchev–Trinajstić information content (AvgIpc) is 2.97. The van der Waals surface area contributed by atoms with Crippen molar-refractivity contribution in [1.82, 2.24) is 0 Å². The van der Waals surface area contributed by atoms with Crippen molar-refractivity contribution in [3.8, 4) is 45.3 Å². The Hall–Kier alpha value is -2.91. The monoisotopic (exact) mass is 636 g/mol. The quantitative estimate of drug-likeness (QED) is 0.239. The maximum Gasteiger partial charge on any atom is 0.169 e. The third kappa shape index (κ3) is 6.31. The van der Waals surface area contributed by atoms with Crippen LogP contribution in [0.4, 0.5) is 4.39 Å². The van der Waals surface area contributed by atoms with Crippen LogP contribution < -0.4 is 30.4 Å². The zero-order chi connectivity index (χ0) is 29.1. The van der Waals surface area contributed by atoms with Crippen LogP contribution in [0.5, 0.6) is 23.0 Å². The molecule has 2 atom stereocenters. The molecule has 214 valence electrons. The highest BCUT2D eigenvalue weighted by atomic mass is 35.5. The van der Waals surface area contributed by atoms with Gasteiger partial charge in [-0.15, -0.1) is 0 Å². The minimum atomic E-state index is -0.450. The number of benzene rings is 4. The predicted molar refractivity (Wildman–Crippen MR) is 162 cm³/mol. The van der Waals surface area contributed by atoms with Crippen molar-refractivity contribution in [2.75, 3.05) is 26.3 Å². The fourth-order valence-electron chi connectivity index (χ4n) is 4.44. The molecule has 0 radical (unpaired) electrons. The Morgan fingerprint density at radius 3 is 1.63 bits per heavy atom. The number of hydrogen-bond donors (Lipinski definition) is 2. The number of nitrogens with two attached hydrogens (primary N) is 2. The lowest BCUT2D eigenvalue weighted by atomic mass is 10.0. The fourth-order valence-corrected chi connectivity index (χ4v) is 5.64. The first-order valence-electron chi connectivity index (χ1n) is 12.6. The lowest BCUT2D eigenvalue weighted by molar-refractivity contribution is 0.0971. The normalized spacial score (nSPS) is 17.0. The molecule has 4 aromatic rings. The summed E-state index contributed by atoms with van der Waals surface area (Å²) in [7, 11) is 0. The molecule has 0 aromatic heterocycles. The Bertz CT molecular complexity index is 1530. The van der Waals surface area contributed by atoms with Crippen molar-refractivity contribution in [3.63, 3.8) is 0 Å². The molecule has 41 heavy (non-hydrogen) atoms. The second-order valence-corrected chi connectivity index (χ2v) is 10.8. The molecule has 0 amide bonds. The van der Waals surface area contributed by atoms with E-state index in [4.69, 9.17) is 76.8 Å². The second-order valence-electron chi connectivity index (χ2n) is 9.18. The summed E-state index contributed by atoms with van der Waals surface area (Å²) in [6.07, 6.45) is -0.451. The largest absolute Gasteiger partial charge is 0.486 e. The summed E-state index contributed by atoms with van der Waals surface area (Å²) in [6.45, 7) is 1.42. The summed E-state index contributed by atoms with van der Waals surface area (Å²) in [5.74, 6) is 1.61. The standard InChI is InChI=1S/C15H12Cl2FNO2.C15H13Cl2NO2/c16-11-2-1-3-12(17)14(11)10-4-8(18)5-13-15(10)21-9(6-19)7-20-13;16-11-4-2-5-12(17)14(11)10-3-1-6-13-15(10)20-9(7-18)8-19-13/h1-5,9H,6-7,19H2;1-6,9H,7-8,18H2. The van der Waals surface area contributed by atoms with Crippen molar-refractivity contribution in [2.45, 2.75) is 12.2 Å². The van der Waals surface area contributed by atoms with Crippen LogP contribution in [0.1, 0.15) is 0 Å². The number of ether oxygens (including phenoxy) is 4. The lowest BCUT2D eigenvalue weighted by Gasteiger charge is -2.28. The van der Waals surface area contributed by atoms with Crippen molar-refractivity contribution in [3.05, 3.63) is 92.6 Å². The van der Waals surface area contributed by atoms with E-state index in [1.807, 2.05) is 24.3 Å². The Morgan fingerprint density at radius 2 is 1.10 bits per heavy atom. The Morgan fingerprint density at radius 1 is 0.634 bits per heavy atom. The Kier molecular flexibility index (Phi) is 9.34. The molecular weight excluding hydrogens is 613 g/mol. The van der Waals surface area contributed by atoms with Gasteiger partial charge in [0.1, 0.15) is 31.2 Å². The molecule has 2 unspecified atom stereocenters. The van der Waals surface area contributed by atoms with E-state index in [-0.39, 0.29) is 18.8 Å². The number of fused-ring (bicyclic) bond motifs is 2. The molecule has 6 nitrogen and oxygen atoms in total. The molecule has 11 heteroatoms. The molecule has 2 aliphatic heterocycles. The third-order valence-electron chi connectivity index (χ3n) is 6.41. The van der Waals surface area contributed by atoms with Gasteiger partial charge < -0.3 is 30.4 Å². The number of hydrogen-bond acceptors (Lipinski definition) is 6. The minimum absolute atomic E-state index is 0.162. The summed E-state index contributed by atoms with van der Waals surface area (Å²) < 4.78 is 36.7. The number of rotatable bonds is 4. The van der Waals surface area contributed by atoms with Gasteiger partial charge in [0.15, 0.2) is 23.0 Å². The first kappa shape index (κ1) is 29.6. The minimum Gasteiger partial charge on any atom is -0.486 e. The van der Waals surface area contributed by atoms with Gasteiger partial charge >= 0.3 is 0 Å². The van der Waals surface area contributed by atoms with Crippen molar-refractivity contribution in [1.29, 1.82) is 0 Å². The van der Waals surface area contributed by atoms with E-state index in [1.54, 1.807) is 30.3 Å². The molecule has 0 spiro atoms. The van der Waals surface area contributed by atoms with E-state index in [9.17, 15) is 4.39 Å². The predicted octanol–water partition coefficient (Wildman–Crippen LogP) is 7.66. The lowest BCUT2D eigenvalue weighted by Crippen LogP contribution is -2.36. The topological polar surface area (TPSA) is 89.0 Å². The van der Waals surface area contributed by atoms with E-state index in [0.717, 1.165) is 11.1 Å². The molecule has 0 saturated carbocycles.